The van der Waals surface area contributed by atoms with Crippen LogP contribution in [0.25, 0.3) is 0 Å². The minimum absolute atomic E-state index is 0.148. The maximum atomic E-state index is 13.0. The minimum atomic E-state index is -1.62. The number of carbonyl (C=O) groups excluding carboxylic acids is 3. The third-order valence-electron chi connectivity index (χ3n) is 16.6. The molecular weight excluding hydrogens is 1100 g/mol. The molecule has 0 spiro atoms. The molecule has 0 aromatic rings. The summed E-state index contributed by atoms with van der Waals surface area (Å²) < 4.78 is 22.8. The van der Waals surface area contributed by atoms with Gasteiger partial charge in [0.05, 0.1) is 40.3 Å². The number of hydrogen-bond donors (Lipinski definition) is 0. The van der Waals surface area contributed by atoms with Gasteiger partial charge in [-0.1, -0.05) is 330 Å². The van der Waals surface area contributed by atoms with E-state index in [1.807, 2.05) is 21.1 Å². The van der Waals surface area contributed by atoms with Gasteiger partial charge in [0.25, 0.3) is 0 Å². The second-order valence-electron chi connectivity index (χ2n) is 26.6. The molecule has 89 heavy (non-hydrogen) atoms. The Morgan fingerprint density at radius 2 is 0.640 bits per heavy atom. The van der Waals surface area contributed by atoms with E-state index in [-0.39, 0.29) is 32.2 Å². The van der Waals surface area contributed by atoms with Gasteiger partial charge in [-0.3, -0.25) is 9.59 Å². The maximum absolute atomic E-state index is 13.0. The van der Waals surface area contributed by atoms with Gasteiger partial charge in [0.1, 0.15) is 13.2 Å². The lowest BCUT2D eigenvalue weighted by molar-refractivity contribution is -0.870. The summed E-state index contributed by atoms with van der Waals surface area (Å²) in [5.41, 5.74) is 0. The number of unbranched alkanes of at least 4 members (excludes halogenated alkanes) is 41. The van der Waals surface area contributed by atoms with E-state index in [9.17, 15) is 19.5 Å². The maximum Gasteiger partial charge on any atom is 0.306 e. The number of carbonyl (C=O) groups is 3. The smallest absolute Gasteiger partial charge is 0.306 e. The highest BCUT2D eigenvalue weighted by Gasteiger charge is 2.22. The lowest BCUT2D eigenvalue weighted by atomic mass is 10.0. The van der Waals surface area contributed by atoms with Crippen molar-refractivity contribution in [3.05, 3.63) is 85.1 Å². The van der Waals surface area contributed by atoms with Crippen LogP contribution in [0.1, 0.15) is 348 Å². The minimum Gasteiger partial charge on any atom is -0.545 e. The number of nitrogens with zero attached hydrogens (tertiary/aromatic N) is 1. The quantitative estimate of drug-likeness (QED) is 0.0195. The van der Waals surface area contributed by atoms with Crippen LogP contribution in [-0.2, 0) is 33.3 Å². The van der Waals surface area contributed by atoms with Crippen molar-refractivity contribution in [3.8, 4) is 0 Å². The topological polar surface area (TPSA) is 111 Å². The average molecular weight is 1250 g/mol. The zero-order valence-electron chi connectivity index (χ0n) is 59.0. The van der Waals surface area contributed by atoms with Gasteiger partial charge in [0.2, 0.25) is 0 Å². The Labute approximate surface area is 550 Å². The van der Waals surface area contributed by atoms with Gasteiger partial charge in [0, 0.05) is 12.8 Å². The first-order valence-electron chi connectivity index (χ1n) is 37.7. The molecule has 0 N–H and O–H groups in total. The monoisotopic (exact) mass is 1250 g/mol. The third-order valence-corrected chi connectivity index (χ3v) is 16.6. The van der Waals surface area contributed by atoms with Crippen molar-refractivity contribution >= 4 is 17.9 Å². The van der Waals surface area contributed by atoms with Gasteiger partial charge in [-0.2, -0.15) is 0 Å². The number of carboxylic acid groups (broad SMARTS) is 1. The Balaban J connectivity index is 4.02. The predicted molar refractivity (Wildman–Crippen MR) is 380 cm³/mol. The fraction of sp³-hybridized carbons (Fsp3) is 0.787. The molecule has 0 aliphatic heterocycles. The van der Waals surface area contributed by atoms with Gasteiger partial charge in [0.15, 0.2) is 12.4 Å². The summed E-state index contributed by atoms with van der Waals surface area (Å²) in [6, 6.07) is 0. The van der Waals surface area contributed by atoms with Gasteiger partial charge >= 0.3 is 11.9 Å². The second kappa shape index (κ2) is 70.3. The summed E-state index contributed by atoms with van der Waals surface area (Å²) in [6.07, 6.45) is 92.6. The number of allylic oxidation sites excluding steroid dienone is 14. The molecule has 9 heteroatoms. The number of esters is 2. The molecule has 0 fully saturated rings. The molecule has 0 aromatic heterocycles. The zero-order chi connectivity index (χ0) is 64.7. The van der Waals surface area contributed by atoms with Gasteiger partial charge < -0.3 is 33.3 Å². The summed E-state index contributed by atoms with van der Waals surface area (Å²) in [7, 11) is 5.94. The lowest BCUT2D eigenvalue weighted by Gasteiger charge is -2.26. The first kappa shape index (κ1) is 85.5. The second-order valence-corrected chi connectivity index (χ2v) is 26.6. The van der Waals surface area contributed by atoms with Crippen LogP contribution in [0.5, 0.6) is 0 Å². The van der Waals surface area contributed by atoms with Crippen LogP contribution in [-0.4, -0.2) is 82.3 Å². The molecule has 0 amide bonds. The van der Waals surface area contributed by atoms with Crippen LogP contribution >= 0.6 is 0 Å². The van der Waals surface area contributed by atoms with Gasteiger partial charge in [-0.15, -0.1) is 0 Å². The van der Waals surface area contributed by atoms with Gasteiger partial charge in [-0.05, 0) is 89.9 Å². The highest BCUT2D eigenvalue weighted by atomic mass is 16.7. The normalized spacial score (nSPS) is 13.1. The van der Waals surface area contributed by atoms with E-state index in [4.69, 9.17) is 18.9 Å². The molecule has 0 heterocycles. The standard InChI is InChI=1S/C80H143NO8/c1-6-8-10-12-14-16-18-20-22-24-26-28-30-32-33-34-35-36-37-38-39-40-41-42-43-44-45-47-49-51-53-55-57-59-61-63-65-67-69-71-78(83)89-76(75-88-80(79(84)85)86-73-72-81(3,4)5)74-87-77(82)70-68-66-64-62-60-58-56-54-52-50-48-46-31-29-27-25-23-21-19-17-15-13-11-9-7-2/h8,10,14,16,20,22,25-28,32-33,35-36,76,80H,6-7,9,11-13,15,17-19,21,23-24,29-31,34,37-75H2,1-5H3/b10-8-,16-14-,22-20-,27-25-,28-26-,33-32-,36-35-. The number of hydrogen-bond acceptors (Lipinski definition) is 8. The van der Waals surface area contributed by atoms with Crippen molar-refractivity contribution in [2.45, 2.75) is 360 Å². The third kappa shape index (κ3) is 71.8. The molecule has 0 aromatic carbocycles. The highest BCUT2D eigenvalue weighted by Crippen LogP contribution is 2.18. The van der Waals surface area contributed by atoms with Crippen molar-refractivity contribution in [1.82, 2.24) is 0 Å². The number of carboxylic acids is 1. The Morgan fingerprint density at radius 1 is 0.348 bits per heavy atom. The van der Waals surface area contributed by atoms with Crippen LogP contribution in [0.2, 0.25) is 0 Å². The first-order chi connectivity index (χ1) is 43.6. The summed E-state index contributed by atoms with van der Waals surface area (Å²) in [6.45, 7) is 4.68. The Morgan fingerprint density at radius 3 is 0.966 bits per heavy atom. The van der Waals surface area contributed by atoms with E-state index < -0.39 is 24.3 Å². The molecular formula is C80H143NO8. The van der Waals surface area contributed by atoms with E-state index in [0.717, 1.165) is 70.6 Å². The van der Waals surface area contributed by atoms with E-state index in [1.54, 1.807) is 0 Å². The molecule has 0 saturated heterocycles. The SMILES string of the molecule is CC/C=C\C/C=C\C/C=C\C/C=C\C/C=C\C/C=C\CCCCCCCCCCCCCCCCCCCCCCC(=O)OC(COC(=O)CCCCCCCCCCCCCCC/C=C\CCCCCCCCCC)COC(OCC[N+](C)(C)C)C(=O)[O-]. The Hall–Kier alpha value is -3.53. The number of ether oxygens (including phenoxy) is 4. The number of aliphatic carboxylic acids is 1. The molecule has 2 unspecified atom stereocenters. The molecule has 9 nitrogen and oxygen atoms in total. The predicted octanol–water partition coefficient (Wildman–Crippen LogP) is 22.5. The molecule has 0 radical (unpaired) electrons. The van der Waals surface area contributed by atoms with E-state index in [2.05, 4.69) is 98.9 Å². The van der Waals surface area contributed by atoms with Crippen molar-refractivity contribution in [2.75, 3.05) is 47.5 Å². The van der Waals surface area contributed by atoms with E-state index in [1.165, 1.54) is 244 Å². The summed E-state index contributed by atoms with van der Waals surface area (Å²) in [4.78, 5) is 37.5. The highest BCUT2D eigenvalue weighted by molar-refractivity contribution is 5.70. The molecule has 516 valence electrons. The summed E-state index contributed by atoms with van der Waals surface area (Å²) in [5, 5.41) is 11.8. The van der Waals surface area contributed by atoms with Gasteiger partial charge in [-0.25, -0.2) is 0 Å². The first-order valence-corrected chi connectivity index (χ1v) is 37.7. The number of quaternary nitrogens is 1. The number of rotatable bonds is 70. The van der Waals surface area contributed by atoms with Crippen molar-refractivity contribution < 1.29 is 42.9 Å². The lowest BCUT2D eigenvalue weighted by Crippen LogP contribution is -2.44. The van der Waals surface area contributed by atoms with E-state index in [0.29, 0.717) is 23.9 Å². The van der Waals surface area contributed by atoms with Crippen molar-refractivity contribution in [1.29, 1.82) is 0 Å². The largest absolute Gasteiger partial charge is 0.545 e. The zero-order valence-corrected chi connectivity index (χ0v) is 59.0. The molecule has 0 bridgehead atoms. The van der Waals surface area contributed by atoms with Crippen LogP contribution in [0.3, 0.4) is 0 Å². The number of likely N-dealkylation sites (N-methyl/N-ethyl adjacent to an activating group) is 1. The molecule has 2 atom stereocenters. The molecule has 0 saturated carbocycles. The van der Waals surface area contributed by atoms with Crippen LogP contribution in [0, 0.1) is 0 Å². The van der Waals surface area contributed by atoms with Crippen molar-refractivity contribution in [3.63, 3.8) is 0 Å². The average Bonchev–Trinajstić information content (AvgIpc) is 3.64. The molecule has 0 aliphatic rings. The fourth-order valence-corrected chi connectivity index (χ4v) is 10.9. The molecule has 0 rings (SSSR count). The van der Waals surface area contributed by atoms with Crippen LogP contribution in [0.15, 0.2) is 85.1 Å². The Kier molecular flexibility index (Phi) is 67.6. The van der Waals surface area contributed by atoms with Crippen molar-refractivity contribution in [2.24, 2.45) is 0 Å². The van der Waals surface area contributed by atoms with E-state index >= 15 is 0 Å². The Bertz CT molecular complexity index is 1740. The van der Waals surface area contributed by atoms with Crippen LogP contribution in [0.4, 0.5) is 0 Å². The summed E-state index contributed by atoms with van der Waals surface area (Å²) >= 11 is 0. The molecule has 0 aliphatic carbocycles. The fourth-order valence-electron chi connectivity index (χ4n) is 10.9. The van der Waals surface area contributed by atoms with Crippen LogP contribution < -0.4 is 5.11 Å². The summed E-state index contributed by atoms with van der Waals surface area (Å²) in [5.74, 6) is -2.26.